The number of hydrogen-bond acceptors (Lipinski definition) is 8. The first-order chi connectivity index (χ1) is 18.7. The van der Waals surface area contributed by atoms with Crippen molar-refractivity contribution in [3.8, 4) is 11.8 Å². The van der Waals surface area contributed by atoms with Crippen molar-refractivity contribution in [2.75, 3.05) is 57.5 Å². The van der Waals surface area contributed by atoms with Crippen molar-refractivity contribution in [1.82, 2.24) is 30.1 Å². The van der Waals surface area contributed by atoms with Gasteiger partial charge in [0.2, 0.25) is 23.7 Å². The molecule has 0 aliphatic carbocycles. The van der Waals surface area contributed by atoms with Crippen LogP contribution in [0.15, 0.2) is 36.7 Å². The highest BCUT2D eigenvalue weighted by atomic mass is 19.1. The van der Waals surface area contributed by atoms with Crippen LogP contribution < -0.4 is 15.5 Å². The monoisotopic (exact) mass is 536 g/mol. The highest BCUT2D eigenvalue weighted by Crippen LogP contribution is 2.24. The summed E-state index contributed by atoms with van der Waals surface area (Å²) >= 11 is 0. The lowest BCUT2D eigenvalue weighted by Crippen LogP contribution is -2.45. The summed E-state index contributed by atoms with van der Waals surface area (Å²) in [6, 6.07) is 2.27. The van der Waals surface area contributed by atoms with Crippen LogP contribution in [0.3, 0.4) is 0 Å². The van der Waals surface area contributed by atoms with Crippen molar-refractivity contribution in [3.05, 3.63) is 48.2 Å². The van der Waals surface area contributed by atoms with Gasteiger partial charge < -0.3 is 25.3 Å². The summed E-state index contributed by atoms with van der Waals surface area (Å²) in [5, 5.41) is 5.94. The Hall–Kier alpha value is -4.04. The van der Waals surface area contributed by atoms with Crippen LogP contribution in [-0.2, 0) is 9.59 Å². The van der Waals surface area contributed by atoms with Gasteiger partial charge in [0.1, 0.15) is 11.9 Å². The first-order valence-electron chi connectivity index (χ1n) is 13.1. The van der Waals surface area contributed by atoms with Gasteiger partial charge in [0.15, 0.2) is 0 Å². The van der Waals surface area contributed by atoms with E-state index in [1.54, 1.807) is 32.3 Å². The Labute approximate surface area is 229 Å². The Morgan fingerprint density at radius 2 is 1.95 bits per heavy atom. The standard InChI is InChI=1S/C28H37FN8O2/c1-21(36(4)25(38)12-10-16-35(2)3)27(39)30-15-7-5-6-11-22-19-32-28(33-23-13-14-24(29)31-20-23)34-26(22)37-17-8-9-18-37/h10,12-14,19-21H,5,7-9,15-18H2,1-4H3,(H,30,39)(H,32,33,34)/t21-/m0/s1. The Bertz CT molecular complexity index is 1200. The fourth-order valence-electron chi connectivity index (χ4n) is 3.81. The van der Waals surface area contributed by atoms with Crippen molar-refractivity contribution in [2.45, 2.75) is 38.6 Å². The van der Waals surface area contributed by atoms with Gasteiger partial charge in [-0.1, -0.05) is 17.9 Å². The summed E-state index contributed by atoms with van der Waals surface area (Å²) in [7, 11) is 5.46. The van der Waals surface area contributed by atoms with Gasteiger partial charge in [-0.15, -0.1) is 0 Å². The molecule has 2 aromatic rings. The number of likely N-dealkylation sites (N-methyl/N-ethyl adjacent to an activating group) is 2. The normalized spacial score (nSPS) is 13.7. The molecular weight excluding hydrogens is 499 g/mol. The zero-order chi connectivity index (χ0) is 28.2. The summed E-state index contributed by atoms with van der Waals surface area (Å²) in [4.78, 5) is 43.0. The molecule has 1 fully saturated rings. The van der Waals surface area contributed by atoms with Crippen molar-refractivity contribution in [1.29, 1.82) is 0 Å². The average molecular weight is 537 g/mol. The van der Waals surface area contributed by atoms with Gasteiger partial charge in [-0.3, -0.25) is 9.59 Å². The van der Waals surface area contributed by atoms with Gasteiger partial charge in [0.05, 0.1) is 23.6 Å². The zero-order valence-corrected chi connectivity index (χ0v) is 23.1. The maximum atomic E-state index is 13.1. The SMILES string of the molecule is C[C@@H](C(=O)NCCCC#Cc1cnc(Nc2ccc(F)nc2)nc1N1CCCC1)N(C)C(=O)C=CCN(C)C. The molecule has 3 rings (SSSR count). The summed E-state index contributed by atoms with van der Waals surface area (Å²) in [5.74, 6) is 6.53. The second kappa shape index (κ2) is 14.8. The van der Waals surface area contributed by atoms with E-state index in [9.17, 15) is 14.0 Å². The van der Waals surface area contributed by atoms with Crippen molar-refractivity contribution in [2.24, 2.45) is 0 Å². The molecule has 11 heteroatoms. The number of aromatic nitrogens is 3. The average Bonchev–Trinajstić information content (AvgIpc) is 3.46. The Balaban J connectivity index is 1.52. The quantitative estimate of drug-likeness (QED) is 0.195. The van der Waals surface area contributed by atoms with Crippen molar-refractivity contribution >= 4 is 29.3 Å². The molecule has 2 N–H and O–H groups in total. The van der Waals surface area contributed by atoms with Crippen LogP contribution in [0, 0.1) is 17.8 Å². The fraction of sp³-hybridized carbons (Fsp3) is 0.464. The predicted octanol–water partition coefficient (Wildman–Crippen LogP) is 2.57. The number of rotatable bonds is 11. The van der Waals surface area contributed by atoms with Crippen LogP contribution in [0.1, 0.15) is 38.2 Å². The molecule has 39 heavy (non-hydrogen) atoms. The lowest BCUT2D eigenvalue weighted by molar-refractivity contribution is -0.135. The van der Waals surface area contributed by atoms with E-state index >= 15 is 0 Å². The Kier molecular flexibility index (Phi) is 11.2. The number of nitrogens with zero attached hydrogens (tertiary/aromatic N) is 6. The minimum atomic E-state index is -0.578. The van der Waals surface area contributed by atoms with Crippen molar-refractivity contribution in [3.63, 3.8) is 0 Å². The van der Waals surface area contributed by atoms with E-state index in [-0.39, 0.29) is 11.8 Å². The first kappa shape index (κ1) is 29.5. The summed E-state index contributed by atoms with van der Waals surface area (Å²) < 4.78 is 13.1. The lowest BCUT2D eigenvalue weighted by Gasteiger charge is -2.23. The number of anilines is 3. The number of pyridine rings is 1. The summed E-state index contributed by atoms with van der Waals surface area (Å²) in [6.07, 6.45) is 9.77. The molecule has 1 aliphatic heterocycles. The molecule has 208 valence electrons. The number of carbonyl (C=O) groups is 2. The van der Waals surface area contributed by atoms with Crippen LogP contribution in [0.25, 0.3) is 0 Å². The molecule has 2 amide bonds. The molecule has 0 bridgehead atoms. The third-order valence-electron chi connectivity index (χ3n) is 6.20. The van der Waals surface area contributed by atoms with E-state index in [1.807, 2.05) is 19.0 Å². The molecule has 3 heterocycles. The molecule has 0 radical (unpaired) electrons. The van der Waals surface area contributed by atoms with E-state index in [0.717, 1.165) is 37.3 Å². The maximum absolute atomic E-state index is 13.1. The topological polar surface area (TPSA) is 107 Å². The molecule has 0 unspecified atom stereocenters. The minimum absolute atomic E-state index is 0.205. The number of amides is 2. The van der Waals surface area contributed by atoms with Gasteiger partial charge in [-0.25, -0.2) is 9.97 Å². The molecule has 2 aromatic heterocycles. The summed E-state index contributed by atoms with van der Waals surface area (Å²) in [5.41, 5.74) is 1.33. The lowest BCUT2D eigenvalue weighted by atomic mass is 10.2. The smallest absolute Gasteiger partial charge is 0.246 e. The van der Waals surface area contributed by atoms with Gasteiger partial charge >= 0.3 is 0 Å². The highest BCUT2D eigenvalue weighted by Gasteiger charge is 2.20. The molecule has 1 aliphatic rings. The van der Waals surface area contributed by atoms with Crippen LogP contribution in [0.2, 0.25) is 0 Å². The number of hydrogen-bond donors (Lipinski definition) is 2. The van der Waals surface area contributed by atoms with E-state index in [2.05, 4.69) is 42.3 Å². The first-order valence-corrected chi connectivity index (χ1v) is 13.1. The Morgan fingerprint density at radius 3 is 2.64 bits per heavy atom. The molecule has 1 atom stereocenters. The number of unbranched alkanes of at least 4 members (excludes halogenated alkanes) is 1. The van der Waals surface area contributed by atoms with Crippen LogP contribution in [-0.4, -0.2) is 89.9 Å². The van der Waals surface area contributed by atoms with Crippen LogP contribution >= 0.6 is 0 Å². The van der Waals surface area contributed by atoms with Gasteiger partial charge in [-0.2, -0.15) is 9.37 Å². The molecule has 10 nitrogen and oxygen atoms in total. The number of carbonyl (C=O) groups excluding carboxylic acids is 2. The third-order valence-corrected chi connectivity index (χ3v) is 6.20. The second-order valence-corrected chi connectivity index (χ2v) is 9.61. The van der Waals surface area contributed by atoms with E-state index in [1.165, 1.54) is 23.2 Å². The van der Waals surface area contributed by atoms with Crippen LogP contribution in [0.5, 0.6) is 0 Å². The maximum Gasteiger partial charge on any atom is 0.246 e. The summed E-state index contributed by atoms with van der Waals surface area (Å²) in [6.45, 7) is 4.62. The molecule has 0 aromatic carbocycles. The number of halogens is 1. The van der Waals surface area contributed by atoms with E-state index < -0.39 is 12.0 Å². The molecule has 0 spiro atoms. The van der Waals surface area contributed by atoms with Gasteiger partial charge in [0, 0.05) is 45.7 Å². The Morgan fingerprint density at radius 1 is 1.18 bits per heavy atom. The molecular formula is C28H37FN8O2. The minimum Gasteiger partial charge on any atom is -0.355 e. The largest absolute Gasteiger partial charge is 0.355 e. The third kappa shape index (κ3) is 9.33. The molecule has 1 saturated heterocycles. The molecule has 0 saturated carbocycles. The van der Waals surface area contributed by atoms with Gasteiger partial charge in [0.25, 0.3) is 0 Å². The fourth-order valence-corrected chi connectivity index (χ4v) is 3.81. The van der Waals surface area contributed by atoms with Crippen LogP contribution in [0.4, 0.5) is 21.8 Å². The van der Waals surface area contributed by atoms with E-state index in [4.69, 9.17) is 0 Å². The number of nitrogens with one attached hydrogen (secondary N) is 2. The second-order valence-electron chi connectivity index (χ2n) is 9.61. The van der Waals surface area contributed by atoms with E-state index in [0.29, 0.717) is 37.6 Å². The highest BCUT2D eigenvalue weighted by molar-refractivity contribution is 5.92. The van der Waals surface area contributed by atoms with Crippen molar-refractivity contribution < 1.29 is 14.0 Å². The zero-order valence-electron chi connectivity index (χ0n) is 23.1. The predicted molar refractivity (Wildman–Crippen MR) is 150 cm³/mol. The van der Waals surface area contributed by atoms with Gasteiger partial charge in [-0.05, 0) is 52.4 Å².